The Bertz CT molecular complexity index is 457. The predicted octanol–water partition coefficient (Wildman–Crippen LogP) is 2.31. The van der Waals surface area contributed by atoms with E-state index in [0.29, 0.717) is 17.8 Å². The van der Waals surface area contributed by atoms with Crippen molar-refractivity contribution >= 4 is 27.7 Å². The molecule has 3 fully saturated rings. The summed E-state index contributed by atoms with van der Waals surface area (Å²) in [5.74, 6) is 1.15. The summed E-state index contributed by atoms with van der Waals surface area (Å²) in [7, 11) is 0. The molecule has 1 aliphatic carbocycles. The molecule has 2 aliphatic heterocycles. The topological polar surface area (TPSA) is 54.0 Å². The number of fused-ring (bicyclic) bond motifs is 3. The summed E-state index contributed by atoms with van der Waals surface area (Å²) in [5, 5.41) is 6.33. The molecule has 0 radical (unpaired) electrons. The maximum Gasteiger partial charge on any atom is 0.242 e. The maximum atomic E-state index is 12.2. The van der Waals surface area contributed by atoms with E-state index in [1.54, 1.807) is 0 Å². The number of halogens is 1. The van der Waals surface area contributed by atoms with E-state index in [2.05, 4.69) is 31.5 Å². The van der Waals surface area contributed by atoms with Crippen LogP contribution in [0.5, 0.6) is 0 Å². The van der Waals surface area contributed by atoms with Gasteiger partial charge in [-0.05, 0) is 59.7 Å². The Morgan fingerprint density at radius 1 is 1.33 bits per heavy atom. The first-order chi connectivity index (χ1) is 8.72. The molecule has 0 aromatic carbocycles. The highest BCUT2D eigenvalue weighted by Gasteiger charge is 2.38. The fourth-order valence-corrected chi connectivity index (χ4v) is 3.32. The highest BCUT2D eigenvalue weighted by Crippen LogP contribution is 2.33. The lowest BCUT2D eigenvalue weighted by Gasteiger charge is -2.42. The van der Waals surface area contributed by atoms with Crippen LogP contribution < -0.4 is 10.6 Å². The van der Waals surface area contributed by atoms with Gasteiger partial charge in [0, 0.05) is 6.04 Å². The summed E-state index contributed by atoms with van der Waals surface area (Å²) < 4.78 is 0.735. The molecule has 2 N–H and O–H groups in total. The third-order valence-electron chi connectivity index (χ3n) is 3.91. The van der Waals surface area contributed by atoms with Gasteiger partial charge in [0.25, 0.3) is 0 Å². The van der Waals surface area contributed by atoms with Crippen molar-refractivity contribution in [3.05, 3.63) is 22.8 Å². The third-order valence-corrected chi connectivity index (χ3v) is 4.35. The monoisotopic (exact) mass is 309 g/mol. The molecule has 1 aromatic rings. The normalized spacial score (nSPS) is 30.2. The van der Waals surface area contributed by atoms with E-state index in [9.17, 15) is 4.79 Å². The standard InChI is InChI=1S/C13H16BrN3O/c14-10-2-1-3-11(16-10)17-13(18)12-8-4-6-9(15-12)7-5-8/h1-3,8-9,12,15H,4-7H2,(H,16,17,18)/t8?,9?,12-/m0/s1. The van der Waals surface area contributed by atoms with Crippen molar-refractivity contribution in [2.24, 2.45) is 5.92 Å². The molecule has 4 nitrogen and oxygen atoms in total. The van der Waals surface area contributed by atoms with Crippen molar-refractivity contribution in [1.29, 1.82) is 0 Å². The minimum absolute atomic E-state index is 0.0433. The number of hydrogen-bond acceptors (Lipinski definition) is 3. The second kappa shape index (κ2) is 4.97. The molecule has 3 heterocycles. The summed E-state index contributed by atoms with van der Waals surface area (Å²) in [5.41, 5.74) is 0. The second-order valence-electron chi connectivity index (χ2n) is 5.09. The zero-order valence-electron chi connectivity index (χ0n) is 10.0. The summed E-state index contributed by atoms with van der Waals surface area (Å²) in [6.07, 6.45) is 4.76. The van der Waals surface area contributed by atoms with Crippen LogP contribution in [0.25, 0.3) is 0 Å². The van der Waals surface area contributed by atoms with Crippen LogP contribution in [-0.2, 0) is 4.79 Å². The average molecular weight is 310 g/mol. The molecule has 2 bridgehead atoms. The van der Waals surface area contributed by atoms with Gasteiger partial charge in [0.1, 0.15) is 10.4 Å². The van der Waals surface area contributed by atoms with Crippen LogP contribution in [0.2, 0.25) is 0 Å². The Morgan fingerprint density at radius 3 is 2.72 bits per heavy atom. The van der Waals surface area contributed by atoms with Gasteiger partial charge in [-0.25, -0.2) is 4.98 Å². The highest BCUT2D eigenvalue weighted by atomic mass is 79.9. The van der Waals surface area contributed by atoms with E-state index in [1.165, 1.54) is 25.7 Å². The lowest BCUT2D eigenvalue weighted by Crippen LogP contribution is -2.57. The van der Waals surface area contributed by atoms with Crippen molar-refractivity contribution in [2.75, 3.05) is 5.32 Å². The van der Waals surface area contributed by atoms with Crippen LogP contribution in [0, 0.1) is 5.92 Å². The van der Waals surface area contributed by atoms with Crippen LogP contribution in [0.4, 0.5) is 5.82 Å². The lowest BCUT2D eigenvalue weighted by molar-refractivity contribution is -0.121. The van der Waals surface area contributed by atoms with E-state index >= 15 is 0 Å². The molecular weight excluding hydrogens is 294 g/mol. The van der Waals surface area contributed by atoms with Crippen molar-refractivity contribution < 1.29 is 4.79 Å². The number of anilines is 1. The molecule has 18 heavy (non-hydrogen) atoms. The van der Waals surface area contributed by atoms with Crippen molar-refractivity contribution in [3.63, 3.8) is 0 Å². The van der Waals surface area contributed by atoms with E-state index in [1.807, 2.05) is 18.2 Å². The van der Waals surface area contributed by atoms with Crippen molar-refractivity contribution in [1.82, 2.24) is 10.3 Å². The molecule has 1 saturated carbocycles. The van der Waals surface area contributed by atoms with Gasteiger partial charge in [-0.15, -0.1) is 0 Å². The van der Waals surface area contributed by atoms with Gasteiger partial charge in [-0.3, -0.25) is 4.79 Å². The smallest absolute Gasteiger partial charge is 0.242 e. The van der Waals surface area contributed by atoms with Gasteiger partial charge in [0.2, 0.25) is 5.91 Å². The molecule has 0 unspecified atom stereocenters. The first kappa shape index (κ1) is 12.1. The fraction of sp³-hybridized carbons (Fsp3) is 0.538. The number of nitrogens with zero attached hydrogens (tertiary/aromatic N) is 1. The molecule has 1 atom stereocenters. The molecule has 5 heteroatoms. The van der Waals surface area contributed by atoms with Crippen LogP contribution in [0.15, 0.2) is 22.8 Å². The zero-order chi connectivity index (χ0) is 12.5. The fourth-order valence-electron chi connectivity index (χ4n) is 2.98. The third kappa shape index (κ3) is 2.42. The summed E-state index contributed by atoms with van der Waals surface area (Å²) in [6, 6.07) is 6.01. The van der Waals surface area contributed by atoms with Crippen LogP contribution in [0.1, 0.15) is 25.7 Å². The van der Waals surface area contributed by atoms with Crippen LogP contribution in [0.3, 0.4) is 0 Å². The molecule has 0 spiro atoms. The number of nitrogens with one attached hydrogen (secondary N) is 2. The number of piperidine rings is 2. The maximum absolute atomic E-state index is 12.2. The molecule has 96 valence electrons. The van der Waals surface area contributed by atoms with E-state index in [4.69, 9.17) is 0 Å². The number of carbonyl (C=O) groups excluding carboxylic acids is 1. The molecular formula is C13H16BrN3O. The average Bonchev–Trinajstić information content (AvgIpc) is 2.40. The molecule has 4 rings (SSSR count). The second-order valence-corrected chi connectivity index (χ2v) is 5.90. The Labute approximate surface area is 115 Å². The van der Waals surface area contributed by atoms with Gasteiger partial charge in [-0.1, -0.05) is 6.07 Å². The van der Waals surface area contributed by atoms with Gasteiger partial charge < -0.3 is 10.6 Å². The zero-order valence-corrected chi connectivity index (χ0v) is 11.6. The Balaban J connectivity index is 1.68. The number of amides is 1. The number of hydrogen-bond donors (Lipinski definition) is 2. The Hall–Kier alpha value is -0.940. The van der Waals surface area contributed by atoms with Gasteiger partial charge in [0.15, 0.2) is 0 Å². The predicted molar refractivity (Wildman–Crippen MR) is 73.2 cm³/mol. The summed E-state index contributed by atoms with van der Waals surface area (Å²) in [6.45, 7) is 0. The number of pyridine rings is 1. The minimum atomic E-state index is -0.0433. The first-order valence-corrected chi connectivity index (χ1v) is 7.21. The van der Waals surface area contributed by atoms with Crippen molar-refractivity contribution in [2.45, 2.75) is 37.8 Å². The van der Waals surface area contributed by atoms with Crippen LogP contribution >= 0.6 is 15.9 Å². The molecule has 3 aliphatic rings. The van der Waals surface area contributed by atoms with Gasteiger partial charge in [0.05, 0.1) is 6.04 Å². The SMILES string of the molecule is O=C(Nc1cccc(Br)n1)[C@H]1NC2CCC1CC2. The van der Waals surface area contributed by atoms with Gasteiger partial charge in [-0.2, -0.15) is 0 Å². The lowest BCUT2D eigenvalue weighted by atomic mass is 9.76. The number of aromatic nitrogens is 1. The molecule has 1 aromatic heterocycles. The summed E-state index contributed by atoms with van der Waals surface area (Å²) in [4.78, 5) is 16.5. The molecule has 1 amide bonds. The first-order valence-electron chi connectivity index (χ1n) is 6.42. The van der Waals surface area contributed by atoms with E-state index in [0.717, 1.165) is 4.60 Å². The van der Waals surface area contributed by atoms with Gasteiger partial charge >= 0.3 is 0 Å². The molecule has 2 saturated heterocycles. The Kier molecular flexibility index (Phi) is 3.35. The Morgan fingerprint density at radius 2 is 2.11 bits per heavy atom. The van der Waals surface area contributed by atoms with Crippen molar-refractivity contribution in [3.8, 4) is 0 Å². The highest BCUT2D eigenvalue weighted by molar-refractivity contribution is 9.10. The van der Waals surface area contributed by atoms with E-state index < -0.39 is 0 Å². The van der Waals surface area contributed by atoms with Crippen LogP contribution in [-0.4, -0.2) is 23.0 Å². The van der Waals surface area contributed by atoms with E-state index in [-0.39, 0.29) is 11.9 Å². The summed E-state index contributed by atoms with van der Waals surface area (Å²) >= 11 is 3.30. The quantitative estimate of drug-likeness (QED) is 0.824. The minimum Gasteiger partial charge on any atom is -0.309 e. The number of carbonyl (C=O) groups is 1. The number of rotatable bonds is 2. The largest absolute Gasteiger partial charge is 0.309 e.